The standard InChI is InChI=1S/C20H24N4O4/c1-11-7-12(2)16(8-15(11)20(27)28)22-19(26)14-5-6-17(25)24(4)18(14)13-9-21-23(3)10-13/h7-10,14,18H,5-6H2,1-4H3,(H,22,26)(H,27,28). The lowest BCUT2D eigenvalue weighted by molar-refractivity contribution is -0.140. The van der Waals surface area contributed by atoms with Crippen LogP contribution in [-0.4, -0.2) is 44.6 Å². The van der Waals surface area contributed by atoms with Gasteiger partial charge in [0.15, 0.2) is 0 Å². The summed E-state index contributed by atoms with van der Waals surface area (Å²) in [6.45, 7) is 3.55. The fourth-order valence-electron chi connectivity index (χ4n) is 3.80. The molecule has 28 heavy (non-hydrogen) atoms. The molecule has 8 nitrogen and oxygen atoms in total. The van der Waals surface area contributed by atoms with Crippen LogP contribution in [0.5, 0.6) is 0 Å². The maximum atomic E-state index is 13.1. The van der Waals surface area contributed by atoms with Crippen molar-refractivity contribution in [1.29, 1.82) is 0 Å². The molecule has 0 saturated carbocycles. The number of rotatable bonds is 4. The number of carbonyl (C=O) groups is 3. The van der Waals surface area contributed by atoms with Crippen molar-refractivity contribution in [1.82, 2.24) is 14.7 Å². The minimum atomic E-state index is -1.04. The van der Waals surface area contributed by atoms with E-state index in [1.165, 1.54) is 6.07 Å². The second-order valence-electron chi connectivity index (χ2n) is 7.32. The zero-order valence-electron chi connectivity index (χ0n) is 16.4. The van der Waals surface area contributed by atoms with E-state index in [2.05, 4.69) is 10.4 Å². The van der Waals surface area contributed by atoms with E-state index in [1.807, 2.05) is 6.92 Å². The van der Waals surface area contributed by atoms with E-state index < -0.39 is 17.9 Å². The predicted octanol–water partition coefficient (Wildman–Crippen LogP) is 2.28. The summed E-state index contributed by atoms with van der Waals surface area (Å²) < 4.78 is 1.64. The molecule has 2 unspecified atom stereocenters. The maximum absolute atomic E-state index is 13.1. The van der Waals surface area contributed by atoms with E-state index in [0.29, 0.717) is 24.1 Å². The number of piperidine rings is 1. The first-order valence-electron chi connectivity index (χ1n) is 9.08. The zero-order valence-corrected chi connectivity index (χ0v) is 16.4. The third kappa shape index (κ3) is 3.62. The normalized spacial score (nSPS) is 19.6. The second-order valence-corrected chi connectivity index (χ2v) is 7.32. The molecule has 1 aromatic carbocycles. The lowest BCUT2D eigenvalue weighted by Crippen LogP contribution is -2.44. The van der Waals surface area contributed by atoms with Gasteiger partial charge in [-0.3, -0.25) is 14.3 Å². The van der Waals surface area contributed by atoms with Crippen molar-refractivity contribution < 1.29 is 19.5 Å². The molecule has 8 heteroatoms. The number of aromatic nitrogens is 2. The van der Waals surface area contributed by atoms with Gasteiger partial charge in [-0.25, -0.2) is 4.79 Å². The summed E-state index contributed by atoms with van der Waals surface area (Å²) in [5.74, 6) is -1.75. The molecule has 0 radical (unpaired) electrons. The number of carboxylic acids is 1. The molecule has 2 amide bonds. The fraction of sp³-hybridized carbons (Fsp3) is 0.400. The quantitative estimate of drug-likeness (QED) is 0.841. The molecule has 1 aliphatic heterocycles. The molecular weight excluding hydrogens is 360 g/mol. The third-order valence-corrected chi connectivity index (χ3v) is 5.32. The first-order valence-corrected chi connectivity index (χ1v) is 9.08. The molecule has 1 fully saturated rings. The molecule has 0 aliphatic carbocycles. The largest absolute Gasteiger partial charge is 0.478 e. The molecule has 148 valence electrons. The van der Waals surface area contributed by atoms with Gasteiger partial charge in [0.1, 0.15) is 0 Å². The van der Waals surface area contributed by atoms with Crippen LogP contribution in [-0.2, 0) is 16.6 Å². The van der Waals surface area contributed by atoms with Gasteiger partial charge in [-0.05, 0) is 37.5 Å². The van der Waals surface area contributed by atoms with Crippen LogP contribution >= 0.6 is 0 Å². The lowest BCUT2D eigenvalue weighted by Gasteiger charge is -2.37. The first-order chi connectivity index (χ1) is 13.2. The molecule has 1 saturated heterocycles. The SMILES string of the molecule is Cc1cc(C)c(C(=O)O)cc1NC(=O)C1CCC(=O)N(C)C1c1cnn(C)c1. The number of likely N-dealkylation sites (tertiary alicyclic amines) is 1. The van der Waals surface area contributed by atoms with Crippen LogP contribution in [0.25, 0.3) is 0 Å². The van der Waals surface area contributed by atoms with Gasteiger partial charge in [0.25, 0.3) is 0 Å². The van der Waals surface area contributed by atoms with Crippen molar-refractivity contribution in [3.63, 3.8) is 0 Å². The number of nitrogens with one attached hydrogen (secondary N) is 1. The molecule has 1 aliphatic rings. The van der Waals surface area contributed by atoms with Crippen molar-refractivity contribution in [2.75, 3.05) is 12.4 Å². The van der Waals surface area contributed by atoms with Gasteiger partial charge in [-0.2, -0.15) is 5.10 Å². The Balaban J connectivity index is 1.91. The molecule has 3 rings (SSSR count). The molecule has 2 atom stereocenters. The first kappa shape index (κ1) is 19.6. The highest BCUT2D eigenvalue weighted by Gasteiger charge is 2.39. The van der Waals surface area contributed by atoms with E-state index in [-0.39, 0.29) is 17.4 Å². The lowest BCUT2D eigenvalue weighted by atomic mass is 9.85. The number of benzene rings is 1. The van der Waals surface area contributed by atoms with Crippen LogP contribution in [0.15, 0.2) is 24.5 Å². The van der Waals surface area contributed by atoms with Gasteiger partial charge in [0, 0.05) is 38.0 Å². The smallest absolute Gasteiger partial charge is 0.336 e. The number of aromatic carboxylic acids is 1. The van der Waals surface area contributed by atoms with Gasteiger partial charge < -0.3 is 15.3 Å². The highest BCUT2D eigenvalue weighted by atomic mass is 16.4. The van der Waals surface area contributed by atoms with Crippen molar-refractivity contribution in [2.24, 2.45) is 13.0 Å². The summed E-state index contributed by atoms with van der Waals surface area (Å²) in [5, 5.41) is 16.4. The Bertz CT molecular complexity index is 950. The summed E-state index contributed by atoms with van der Waals surface area (Å²) in [4.78, 5) is 38.3. The van der Waals surface area contributed by atoms with Crippen LogP contribution < -0.4 is 5.32 Å². The molecular formula is C20H24N4O4. The molecule has 1 aromatic heterocycles. The van der Waals surface area contributed by atoms with Crippen molar-refractivity contribution in [3.05, 3.63) is 46.8 Å². The van der Waals surface area contributed by atoms with E-state index >= 15 is 0 Å². The van der Waals surface area contributed by atoms with E-state index in [1.54, 1.807) is 49.1 Å². The Morgan fingerprint density at radius 2 is 1.93 bits per heavy atom. The van der Waals surface area contributed by atoms with Crippen LogP contribution in [0.2, 0.25) is 0 Å². The number of aryl methyl sites for hydroxylation is 3. The topological polar surface area (TPSA) is 105 Å². The van der Waals surface area contributed by atoms with E-state index in [9.17, 15) is 19.5 Å². The summed E-state index contributed by atoms with van der Waals surface area (Å²) in [6.07, 6.45) is 4.18. The number of hydrogen-bond donors (Lipinski definition) is 2. The average Bonchev–Trinajstić information content (AvgIpc) is 3.05. The number of carboxylic acid groups (broad SMARTS) is 1. The molecule has 2 N–H and O–H groups in total. The van der Waals surface area contributed by atoms with Crippen LogP contribution in [0.4, 0.5) is 5.69 Å². The minimum absolute atomic E-state index is 0.0161. The summed E-state index contributed by atoms with van der Waals surface area (Å²) in [6, 6.07) is 2.82. The van der Waals surface area contributed by atoms with Gasteiger partial charge in [0.2, 0.25) is 11.8 Å². The number of hydrogen-bond acceptors (Lipinski definition) is 4. The fourth-order valence-corrected chi connectivity index (χ4v) is 3.80. The summed E-state index contributed by atoms with van der Waals surface area (Å²) in [7, 11) is 3.48. The Morgan fingerprint density at radius 3 is 2.54 bits per heavy atom. The average molecular weight is 384 g/mol. The predicted molar refractivity (Wildman–Crippen MR) is 103 cm³/mol. The Kier molecular flexibility index (Phi) is 5.22. The monoisotopic (exact) mass is 384 g/mol. The highest BCUT2D eigenvalue weighted by Crippen LogP contribution is 2.36. The van der Waals surface area contributed by atoms with Crippen LogP contribution in [0.1, 0.15) is 45.9 Å². The number of nitrogens with zero attached hydrogens (tertiary/aromatic N) is 3. The van der Waals surface area contributed by atoms with Crippen molar-refractivity contribution in [2.45, 2.75) is 32.7 Å². The number of amides is 2. The molecule has 0 spiro atoms. The van der Waals surface area contributed by atoms with Gasteiger partial charge in [0.05, 0.1) is 23.7 Å². The number of anilines is 1. The van der Waals surface area contributed by atoms with Crippen LogP contribution in [0, 0.1) is 19.8 Å². The Morgan fingerprint density at radius 1 is 1.21 bits per heavy atom. The minimum Gasteiger partial charge on any atom is -0.478 e. The Labute approximate surface area is 163 Å². The second kappa shape index (κ2) is 7.46. The molecule has 2 heterocycles. The van der Waals surface area contributed by atoms with Crippen LogP contribution in [0.3, 0.4) is 0 Å². The third-order valence-electron chi connectivity index (χ3n) is 5.32. The maximum Gasteiger partial charge on any atom is 0.336 e. The molecule has 0 bridgehead atoms. The van der Waals surface area contributed by atoms with Gasteiger partial charge >= 0.3 is 5.97 Å². The zero-order chi connectivity index (χ0) is 20.6. The van der Waals surface area contributed by atoms with Crippen molar-refractivity contribution >= 4 is 23.5 Å². The van der Waals surface area contributed by atoms with Gasteiger partial charge in [-0.15, -0.1) is 0 Å². The molecule has 2 aromatic rings. The van der Waals surface area contributed by atoms with Gasteiger partial charge in [-0.1, -0.05) is 6.07 Å². The highest BCUT2D eigenvalue weighted by molar-refractivity contribution is 5.97. The summed E-state index contributed by atoms with van der Waals surface area (Å²) in [5.41, 5.74) is 2.84. The Hall–Kier alpha value is -3.16. The van der Waals surface area contributed by atoms with E-state index in [0.717, 1.165) is 11.1 Å². The van der Waals surface area contributed by atoms with E-state index in [4.69, 9.17) is 0 Å². The number of carbonyl (C=O) groups excluding carboxylic acids is 2. The van der Waals surface area contributed by atoms with Crippen molar-refractivity contribution in [3.8, 4) is 0 Å². The summed E-state index contributed by atoms with van der Waals surface area (Å²) >= 11 is 0.